The smallest absolute Gasteiger partial charge is 0.487 e. The van der Waals surface area contributed by atoms with Crippen molar-refractivity contribution in [1.82, 2.24) is 10.3 Å². The molecule has 2 aromatic carbocycles. The Hall–Kier alpha value is -4.08. The van der Waals surface area contributed by atoms with E-state index in [1.807, 2.05) is 24.3 Å². The molecule has 3 rings (SSSR count). The third-order valence-electron chi connectivity index (χ3n) is 4.72. The van der Waals surface area contributed by atoms with Crippen molar-refractivity contribution >= 4 is 12.2 Å². The van der Waals surface area contributed by atoms with Crippen molar-refractivity contribution in [2.75, 3.05) is 6.54 Å². The van der Waals surface area contributed by atoms with E-state index in [0.717, 1.165) is 31.6 Å². The Labute approximate surface area is 200 Å². The number of unbranched alkanes of at least 4 members (excludes halogenated alkanes) is 1. The monoisotopic (exact) mass is 486 g/mol. The highest BCUT2D eigenvalue weighted by Crippen LogP contribution is 2.23. The van der Waals surface area contributed by atoms with Crippen LogP contribution in [0.3, 0.4) is 0 Å². The van der Waals surface area contributed by atoms with E-state index < -0.39 is 6.36 Å². The zero-order valence-electron chi connectivity index (χ0n) is 18.8. The van der Waals surface area contributed by atoms with Crippen LogP contribution < -0.4 is 14.8 Å². The fourth-order valence-corrected chi connectivity index (χ4v) is 3.05. The van der Waals surface area contributed by atoms with Crippen LogP contribution in [0.5, 0.6) is 11.5 Å². The minimum absolute atomic E-state index is 0.240. The van der Waals surface area contributed by atoms with Gasteiger partial charge in [0.05, 0.1) is 6.20 Å². The molecule has 0 amide bonds. The van der Waals surface area contributed by atoms with E-state index in [9.17, 15) is 13.2 Å². The number of halogens is 3. The van der Waals surface area contributed by atoms with Crippen LogP contribution in [-0.4, -0.2) is 17.9 Å². The highest BCUT2D eigenvalue weighted by molar-refractivity contribution is 5.66. The quantitative estimate of drug-likeness (QED) is 0.206. The second-order valence-corrected chi connectivity index (χ2v) is 7.42. The lowest BCUT2D eigenvalue weighted by atomic mass is 10.1. The molecule has 0 spiro atoms. The Morgan fingerprint density at radius 1 is 1.00 bits per heavy atom. The van der Waals surface area contributed by atoms with E-state index >= 15 is 0 Å². The summed E-state index contributed by atoms with van der Waals surface area (Å²) in [5.74, 6) is 0.798. The average Bonchev–Trinajstić information content (AvgIpc) is 3.29. The number of alkyl halides is 3. The van der Waals surface area contributed by atoms with E-state index in [-0.39, 0.29) is 12.4 Å². The Morgan fingerprint density at radius 3 is 2.46 bits per heavy atom. The van der Waals surface area contributed by atoms with E-state index in [1.54, 1.807) is 18.4 Å². The molecule has 1 aromatic heterocycles. The van der Waals surface area contributed by atoms with Crippen molar-refractivity contribution in [3.05, 3.63) is 89.9 Å². The molecule has 2 N–H and O–H groups in total. The van der Waals surface area contributed by atoms with Crippen LogP contribution in [0, 0.1) is 5.53 Å². The lowest BCUT2D eigenvalue weighted by Gasteiger charge is -2.08. The summed E-state index contributed by atoms with van der Waals surface area (Å²) in [4.78, 5) is 4.32. The zero-order valence-corrected chi connectivity index (χ0v) is 18.8. The molecule has 0 saturated heterocycles. The topological polar surface area (TPSA) is 92.7 Å². The van der Waals surface area contributed by atoms with E-state index in [2.05, 4.69) is 20.2 Å². The summed E-state index contributed by atoms with van der Waals surface area (Å²) in [6.07, 6.45) is 6.15. The molecule has 0 saturated carbocycles. The molecule has 0 fully saturated rings. The molecular formula is C25H25F3N4O3. The SMILES string of the molecule is N=N/C=C\NCCCCc1ccc(OCc2coc(/C=C/c3ccc(OC(F)(F)F)cc3)n2)cc1. The van der Waals surface area contributed by atoms with Crippen LogP contribution in [0.15, 0.2) is 76.7 Å². The van der Waals surface area contributed by atoms with Gasteiger partial charge in [-0.3, -0.25) is 0 Å². The van der Waals surface area contributed by atoms with Gasteiger partial charge in [-0.2, -0.15) is 5.11 Å². The Balaban J connectivity index is 1.40. The van der Waals surface area contributed by atoms with Gasteiger partial charge in [-0.1, -0.05) is 24.3 Å². The van der Waals surface area contributed by atoms with Crippen molar-refractivity contribution in [2.24, 2.45) is 5.11 Å². The number of hydrogen-bond donors (Lipinski definition) is 2. The Morgan fingerprint density at radius 2 is 1.74 bits per heavy atom. The molecule has 35 heavy (non-hydrogen) atoms. The van der Waals surface area contributed by atoms with Gasteiger partial charge in [0, 0.05) is 18.8 Å². The summed E-state index contributed by atoms with van der Waals surface area (Å²) >= 11 is 0. The normalized spacial score (nSPS) is 11.7. The number of benzene rings is 2. The van der Waals surface area contributed by atoms with Gasteiger partial charge in [0.2, 0.25) is 5.89 Å². The molecule has 0 unspecified atom stereocenters. The predicted octanol–water partition coefficient (Wildman–Crippen LogP) is 6.74. The first-order valence-corrected chi connectivity index (χ1v) is 10.9. The number of nitrogens with zero attached hydrogens (tertiary/aromatic N) is 2. The van der Waals surface area contributed by atoms with Gasteiger partial charge in [-0.15, -0.1) is 13.2 Å². The standard InChI is InChI=1S/C25H25F3N4O3/c26-25(27,28)35-23-11-6-20(7-12-23)8-13-24-32-21(18-34-24)17-33-22-9-4-19(5-10-22)3-1-2-14-30-15-16-31-29/h4-13,15-16,18,29-30H,1-3,14,17H2/b13-8+,16-15-,31-29?. The maximum atomic E-state index is 12.2. The van der Waals surface area contributed by atoms with Gasteiger partial charge in [-0.05, 0) is 60.7 Å². The minimum atomic E-state index is -4.72. The van der Waals surface area contributed by atoms with Crippen molar-refractivity contribution in [3.63, 3.8) is 0 Å². The fraction of sp³-hybridized carbons (Fsp3) is 0.240. The molecule has 0 bridgehead atoms. The van der Waals surface area contributed by atoms with Gasteiger partial charge in [0.25, 0.3) is 0 Å². The number of oxazole rings is 1. The number of rotatable bonds is 13. The van der Waals surface area contributed by atoms with Crippen LogP contribution in [0.25, 0.3) is 12.2 Å². The van der Waals surface area contributed by atoms with E-state index in [1.165, 1.54) is 42.3 Å². The third-order valence-corrected chi connectivity index (χ3v) is 4.72. The largest absolute Gasteiger partial charge is 0.573 e. The summed E-state index contributed by atoms with van der Waals surface area (Å²) < 4.78 is 51.7. The first-order valence-electron chi connectivity index (χ1n) is 10.9. The highest BCUT2D eigenvalue weighted by Gasteiger charge is 2.30. The van der Waals surface area contributed by atoms with Crippen LogP contribution >= 0.6 is 0 Å². The molecule has 1 heterocycles. The maximum absolute atomic E-state index is 12.2. The highest BCUT2D eigenvalue weighted by atomic mass is 19.4. The van der Waals surface area contributed by atoms with Gasteiger partial charge in [0.15, 0.2) is 0 Å². The molecule has 0 aliphatic carbocycles. The van der Waals surface area contributed by atoms with Crippen molar-refractivity contribution in [2.45, 2.75) is 32.2 Å². The summed E-state index contributed by atoms with van der Waals surface area (Å²) in [7, 11) is 0. The lowest BCUT2D eigenvalue weighted by molar-refractivity contribution is -0.274. The molecule has 10 heteroatoms. The molecule has 0 aliphatic rings. The summed E-state index contributed by atoms with van der Waals surface area (Å²) in [6.45, 7) is 1.08. The predicted molar refractivity (Wildman–Crippen MR) is 125 cm³/mol. The van der Waals surface area contributed by atoms with Crippen LogP contribution in [-0.2, 0) is 13.0 Å². The zero-order chi connectivity index (χ0) is 24.9. The third kappa shape index (κ3) is 9.75. The number of aromatic nitrogens is 1. The number of nitrogens with one attached hydrogen (secondary N) is 2. The molecule has 3 aromatic rings. The minimum Gasteiger partial charge on any atom is -0.487 e. The van der Waals surface area contributed by atoms with Gasteiger partial charge >= 0.3 is 6.36 Å². The summed E-state index contributed by atoms with van der Waals surface area (Å²) in [6, 6.07) is 13.4. The summed E-state index contributed by atoms with van der Waals surface area (Å²) in [5, 5.41) is 6.20. The van der Waals surface area contributed by atoms with Gasteiger partial charge < -0.3 is 19.2 Å². The van der Waals surface area contributed by atoms with Gasteiger partial charge in [0.1, 0.15) is 30.1 Å². The number of ether oxygens (including phenoxy) is 2. The second kappa shape index (κ2) is 13.0. The van der Waals surface area contributed by atoms with E-state index in [4.69, 9.17) is 14.7 Å². The van der Waals surface area contributed by atoms with Crippen molar-refractivity contribution in [3.8, 4) is 11.5 Å². The van der Waals surface area contributed by atoms with Crippen molar-refractivity contribution < 1.29 is 27.1 Å². The molecular weight excluding hydrogens is 461 g/mol. The Kier molecular flexibility index (Phi) is 9.47. The molecule has 184 valence electrons. The first-order chi connectivity index (χ1) is 16.9. The lowest BCUT2D eigenvalue weighted by Crippen LogP contribution is -2.16. The molecule has 0 aliphatic heterocycles. The maximum Gasteiger partial charge on any atom is 0.573 e. The first kappa shape index (κ1) is 25.5. The molecule has 0 atom stereocenters. The number of aryl methyl sites for hydroxylation is 1. The van der Waals surface area contributed by atoms with E-state index in [0.29, 0.717) is 17.1 Å². The van der Waals surface area contributed by atoms with Crippen LogP contribution in [0.4, 0.5) is 13.2 Å². The second-order valence-electron chi connectivity index (χ2n) is 7.42. The van der Waals surface area contributed by atoms with Gasteiger partial charge in [-0.25, -0.2) is 10.5 Å². The fourth-order valence-electron chi connectivity index (χ4n) is 3.05. The van der Waals surface area contributed by atoms with Crippen LogP contribution in [0.1, 0.15) is 35.6 Å². The number of hydrogen-bond acceptors (Lipinski definition) is 7. The Bertz CT molecular complexity index is 1110. The average molecular weight is 486 g/mol. The summed E-state index contributed by atoms with van der Waals surface area (Å²) in [5.41, 5.74) is 9.16. The van der Waals surface area contributed by atoms with Crippen molar-refractivity contribution in [1.29, 1.82) is 5.53 Å². The molecule has 7 nitrogen and oxygen atoms in total. The molecule has 0 radical (unpaired) electrons. The van der Waals surface area contributed by atoms with Crippen LogP contribution in [0.2, 0.25) is 0 Å².